The maximum absolute atomic E-state index is 13.7. The van der Waals surface area contributed by atoms with E-state index < -0.39 is 11.4 Å². The van der Waals surface area contributed by atoms with E-state index in [9.17, 15) is 9.59 Å². The van der Waals surface area contributed by atoms with Crippen molar-refractivity contribution in [1.82, 2.24) is 4.90 Å². The lowest BCUT2D eigenvalue weighted by atomic mass is 9.97. The van der Waals surface area contributed by atoms with Crippen LogP contribution in [0.4, 0.5) is 9.80 Å². The van der Waals surface area contributed by atoms with Crippen LogP contribution in [0.1, 0.15) is 50.5 Å². The van der Waals surface area contributed by atoms with E-state index in [-0.39, 0.29) is 18.2 Å². The maximum Gasteiger partial charge on any atom is 0.330 e. The van der Waals surface area contributed by atoms with Gasteiger partial charge in [-0.05, 0) is 61.7 Å². The van der Waals surface area contributed by atoms with Gasteiger partial charge in [-0.1, -0.05) is 36.9 Å². The van der Waals surface area contributed by atoms with Crippen LogP contribution in [-0.4, -0.2) is 35.0 Å². The molecule has 0 fully saturated rings. The van der Waals surface area contributed by atoms with Crippen molar-refractivity contribution in [1.29, 1.82) is 0 Å². The number of amides is 3. The summed E-state index contributed by atoms with van der Waals surface area (Å²) in [7, 11) is 0. The van der Waals surface area contributed by atoms with E-state index in [1.807, 2.05) is 51.1 Å². The Balaban J connectivity index is 2.12. The smallest absolute Gasteiger partial charge is 0.330 e. The van der Waals surface area contributed by atoms with Crippen molar-refractivity contribution < 1.29 is 14.3 Å². The largest absolute Gasteiger partial charge is 0.369 e. The molecule has 8 heteroatoms. The van der Waals surface area contributed by atoms with Crippen molar-refractivity contribution in [2.45, 2.75) is 52.4 Å². The van der Waals surface area contributed by atoms with Gasteiger partial charge in [0.15, 0.2) is 0 Å². The normalized spacial score (nSPS) is 15.5. The lowest BCUT2D eigenvalue weighted by Crippen LogP contribution is -2.60. The minimum absolute atomic E-state index is 0.0329. The molecule has 0 spiro atoms. The first-order chi connectivity index (χ1) is 14.5. The Morgan fingerprint density at radius 1 is 1.29 bits per heavy atom. The Hall–Kier alpha value is -2.16. The number of rotatable bonds is 7. The van der Waals surface area contributed by atoms with Crippen LogP contribution >= 0.6 is 27.3 Å². The lowest BCUT2D eigenvalue weighted by molar-refractivity contribution is -0.125. The fraction of sp³-hybridized carbons (Fsp3) is 0.391. The Morgan fingerprint density at radius 2 is 1.90 bits per heavy atom. The fourth-order valence-electron chi connectivity index (χ4n) is 3.67. The molecule has 0 bridgehead atoms. The molecule has 1 aromatic heterocycles. The third-order valence-corrected chi connectivity index (χ3v) is 7.60. The number of halogens is 1. The van der Waals surface area contributed by atoms with E-state index in [0.717, 1.165) is 25.5 Å². The number of carbonyl (C=O) groups excluding carboxylic acids is 2. The summed E-state index contributed by atoms with van der Waals surface area (Å²) in [5.74, 6) is -0.601. The second-order valence-corrected chi connectivity index (χ2v) is 10.7. The lowest BCUT2D eigenvalue weighted by Gasteiger charge is -2.44. The summed E-state index contributed by atoms with van der Waals surface area (Å²) in [6.07, 6.45) is -0.376. The molecule has 1 aromatic carbocycles. The number of urea groups is 1. The molecule has 1 aliphatic rings. The highest BCUT2D eigenvalue weighted by Gasteiger charge is 2.46. The van der Waals surface area contributed by atoms with Gasteiger partial charge in [0.2, 0.25) is 5.91 Å². The third-order valence-electron chi connectivity index (χ3n) is 5.41. The Labute approximate surface area is 195 Å². The number of benzene rings is 1. The number of nitrogens with two attached hydrogens (primary N) is 1. The summed E-state index contributed by atoms with van der Waals surface area (Å²) < 4.78 is 7.11. The average Bonchev–Trinajstić information content (AvgIpc) is 2.99. The molecule has 3 amide bonds. The maximum atomic E-state index is 13.7. The molecule has 2 N–H and O–H groups in total. The first kappa shape index (κ1) is 23.5. The minimum atomic E-state index is -1.24. The number of ether oxygens (including phenoxy) is 1. The van der Waals surface area contributed by atoms with Crippen molar-refractivity contribution >= 4 is 49.9 Å². The van der Waals surface area contributed by atoms with Crippen LogP contribution in [0.15, 0.2) is 40.7 Å². The molecule has 166 valence electrons. The van der Waals surface area contributed by atoms with Crippen molar-refractivity contribution in [2.75, 3.05) is 11.4 Å². The minimum Gasteiger partial charge on any atom is -0.369 e. The summed E-state index contributed by atoms with van der Waals surface area (Å²) in [4.78, 5) is 29.1. The van der Waals surface area contributed by atoms with Crippen LogP contribution in [0.25, 0.3) is 5.70 Å². The molecule has 2 heterocycles. The molecule has 0 aliphatic carbocycles. The predicted molar refractivity (Wildman–Crippen MR) is 129 cm³/mol. The topological polar surface area (TPSA) is 75.9 Å². The van der Waals surface area contributed by atoms with Crippen LogP contribution in [-0.2, 0) is 9.53 Å². The number of thiophene rings is 1. The van der Waals surface area contributed by atoms with E-state index in [1.54, 1.807) is 18.7 Å². The molecule has 0 radical (unpaired) electrons. The van der Waals surface area contributed by atoms with Gasteiger partial charge in [-0.3, -0.25) is 14.6 Å². The summed E-state index contributed by atoms with van der Waals surface area (Å²) in [6.45, 7) is 13.6. The number of nitrogens with zero attached hydrogens (tertiary/aromatic N) is 2. The van der Waals surface area contributed by atoms with Crippen LogP contribution in [0.2, 0.25) is 0 Å². The van der Waals surface area contributed by atoms with Gasteiger partial charge in [-0.15, -0.1) is 11.3 Å². The van der Waals surface area contributed by atoms with Crippen LogP contribution < -0.4 is 10.6 Å². The molecule has 3 rings (SSSR count). The molecular weight excluding hydrogens is 478 g/mol. The highest BCUT2D eigenvalue weighted by molar-refractivity contribution is 9.11. The molecule has 1 atom stereocenters. The predicted octanol–water partition coefficient (Wildman–Crippen LogP) is 5.46. The van der Waals surface area contributed by atoms with Gasteiger partial charge in [0, 0.05) is 11.3 Å². The number of carbonyl (C=O) groups is 2. The van der Waals surface area contributed by atoms with Crippen LogP contribution in [0, 0.1) is 6.92 Å². The molecule has 1 unspecified atom stereocenters. The van der Waals surface area contributed by atoms with Crippen molar-refractivity contribution in [3.63, 3.8) is 0 Å². The molecular formula is C23H28BrN3O3S. The van der Waals surface area contributed by atoms with E-state index in [1.165, 1.54) is 16.2 Å². The van der Waals surface area contributed by atoms with Gasteiger partial charge >= 0.3 is 6.03 Å². The van der Waals surface area contributed by atoms with Crippen LogP contribution in [0.3, 0.4) is 0 Å². The fourth-order valence-corrected chi connectivity index (χ4v) is 5.39. The SMILES string of the molecule is C=C1c2c(sc(Br)c2C)N(CC(OC(C)C)c2ccccc2)C(=O)N1C(C)(C)C(N)=O. The van der Waals surface area contributed by atoms with E-state index in [2.05, 4.69) is 22.5 Å². The molecule has 31 heavy (non-hydrogen) atoms. The van der Waals surface area contributed by atoms with Gasteiger partial charge in [0.25, 0.3) is 0 Å². The zero-order valence-corrected chi connectivity index (χ0v) is 20.8. The van der Waals surface area contributed by atoms with Crippen molar-refractivity contribution in [3.05, 3.63) is 57.4 Å². The average molecular weight is 506 g/mol. The molecule has 6 nitrogen and oxygen atoms in total. The number of primary amides is 1. The highest BCUT2D eigenvalue weighted by Crippen LogP contribution is 2.49. The first-order valence-corrected chi connectivity index (χ1v) is 11.7. The van der Waals surface area contributed by atoms with E-state index >= 15 is 0 Å². The Kier molecular flexibility index (Phi) is 6.64. The molecule has 0 saturated heterocycles. The van der Waals surface area contributed by atoms with Crippen LogP contribution in [0.5, 0.6) is 0 Å². The van der Waals surface area contributed by atoms with Gasteiger partial charge in [0.1, 0.15) is 16.6 Å². The van der Waals surface area contributed by atoms with E-state index in [0.29, 0.717) is 12.2 Å². The molecule has 1 aliphatic heterocycles. The van der Waals surface area contributed by atoms with Gasteiger partial charge in [-0.25, -0.2) is 4.79 Å². The van der Waals surface area contributed by atoms with Gasteiger partial charge < -0.3 is 10.5 Å². The quantitative estimate of drug-likeness (QED) is 0.542. The Bertz CT molecular complexity index is 1020. The van der Waals surface area contributed by atoms with Gasteiger partial charge in [0.05, 0.1) is 16.4 Å². The summed E-state index contributed by atoms with van der Waals surface area (Å²) in [6, 6.07) is 9.48. The van der Waals surface area contributed by atoms with Gasteiger partial charge in [-0.2, -0.15) is 0 Å². The Morgan fingerprint density at radius 3 is 2.45 bits per heavy atom. The summed E-state index contributed by atoms with van der Waals surface area (Å²) in [5, 5.41) is 0.782. The number of hydrogen-bond acceptors (Lipinski definition) is 4. The van der Waals surface area contributed by atoms with E-state index in [4.69, 9.17) is 10.5 Å². The number of anilines is 1. The van der Waals surface area contributed by atoms with Crippen molar-refractivity contribution in [3.8, 4) is 0 Å². The summed E-state index contributed by atoms with van der Waals surface area (Å²) >= 11 is 5.07. The summed E-state index contributed by atoms with van der Waals surface area (Å²) in [5.41, 5.74) is 7.67. The third kappa shape index (κ3) is 4.29. The zero-order valence-electron chi connectivity index (χ0n) is 18.4. The number of hydrogen-bond donors (Lipinski definition) is 1. The molecule has 2 aromatic rings. The zero-order chi connectivity index (χ0) is 23.1. The second-order valence-electron chi connectivity index (χ2n) is 8.36. The number of fused-ring (bicyclic) bond motifs is 1. The first-order valence-electron chi connectivity index (χ1n) is 10.1. The highest BCUT2D eigenvalue weighted by atomic mass is 79.9. The second kappa shape index (κ2) is 8.76. The monoisotopic (exact) mass is 505 g/mol. The standard InChI is InChI=1S/C23H28BrN3O3S/c1-13(2)30-17(16-10-8-7-9-11-16)12-26-20-18(14(3)19(24)31-20)15(4)27(22(26)29)23(5,6)21(25)28/h7-11,13,17H,4,12H2,1-3,5-6H3,(H2,25,28). The molecule has 0 saturated carbocycles. The van der Waals surface area contributed by atoms with Crippen molar-refractivity contribution in [2.24, 2.45) is 5.73 Å².